The van der Waals surface area contributed by atoms with Gasteiger partial charge in [0.15, 0.2) is 11.6 Å². The van der Waals surface area contributed by atoms with Gasteiger partial charge in [0.25, 0.3) is 0 Å². The van der Waals surface area contributed by atoms with Crippen LogP contribution in [0.5, 0.6) is 0 Å². The third-order valence-corrected chi connectivity index (χ3v) is 5.89. The average molecular weight is 434 g/mol. The molecule has 1 fully saturated rings. The maximum Gasteiger partial charge on any atom is 0.319 e. The van der Waals surface area contributed by atoms with E-state index >= 15 is 0 Å². The first kappa shape index (κ1) is 20.4. The predicted molar refractivity (Wildman–Crippen MR) is 123 cm³/mol. The highest BCUT2D eigenvalue weighted by Gasteiger charge is 2.29. The Morgan fingerprint density at radius 3 is 2.84 bits per heavy atom. The topological polar surface area (TPSA) is 97.2 Å². The van der Waals surface area contributed by atoms with E-state index in [0.29, 0.717) is 25.6 Å². The fraction of sp³-hybridized carbons (Fsp3) is 0.391. The number of carbonyl (C=O) groups is 1. The maximum atomic E-state index is 11.8. The summed E-state index contributed by atoms with van der Waals surface area (Å²) in [4.78, 5) is 28.7. The highest BCUT2D eigenvalue weighted by Crippen LogP contribution is 2.35. The van der Waals surface area contributed by atoms with Crippen LogP contribution < -0.4 is 15.5 Å². The molecule has 2 aliphatic heterocycles. The van der Waals surface area contributed by atoms with Crippen molar-refractivity contribution in [2.45, 2.75) is 32.9 Å². The highest BCUT2D eigenvalue weighted by atomic mass is 16.5. The lowest BCUT2D eigenvalue weighted by Crippen LogP contribution is -2.45. The number of rotatable bonds is 4. The van der Waals surface area contributed by atoms with E-state index in [9.17, 15) is 4.79 Å². The number of aromatic nitrogens is 4. The first-order chi connectivity index (χ1) is 15.6. The minimum Gasteiger partial charge on any atom is -0.377 e. The molecule has 4 heterocycles. The summed E-state index contributed by atoms with van der Waals surface area (Å²) in [5.41, 5.74) is 3.65. The molecule has 0 spiro atoms. The molecule has 0 aliphatic carbocycles. The number of hydrogen-bond acceptors (Lipinski definition) is 6. The van der Waals surface area contributed by atoms with Gasteiger partial charge < -0.3 is 24.8 Å². The van der Waals surface area contributed by atoms with Gasteiger partial charge in [-0.3, -0.25) is 0 Å². The zero-order valence-electron chi connectivity index (χ0n) is 18.3. The van der Waals surface area contributed by atoms with Gasteiger partial charge in [0.1, 0.15) is 11.5 Å². The normalized spacial score (nSPS) is 17.4. The number of morpholine rings is 1. The van der Waals surface area contributed by atoms with Crippen LogP contribution in [0.3, 0.4) is 0 Å². The lowest BCUT2D eigenvalue weighted by molar-refractivity contribution is 0.0984. The summed E-state index contributed by atoms with van der Waals surface area (Å²) in [7, 11) is 0. The Labute approximate surface area is 186 Å². The largest absolute Gasteiger partial charge is 0.377 e. The third-order valence-electron chi connectivity index (χ3n) is 5.89. The Hall–Kier alpha value is -3.46. The summed E-state index contributed by atoms with van der Waals surface area (Å²) < 4.78 is 7.80. The van der Waals surface area contributed by atoms with Crippen LogP contribution in [0.15, 0.2) is 36.7 Å². The minimum atomic E-state index is -0.222. The number of ether oxygens (including phenoxy) is 1. The molecule has 3 aromatic rings. The van der Waals surface area contributed by atoms with E-state index in [-0.39, 0.29) is 12.1 Å². The molecular weight excluding hydrogens is 406 g/mol. The van der Waals surface area contributed by atoms with Crippen molar-refractivity contribution in [2.75, 3.05) is 36.5 Å². The van der Waals surface area contributed by atoms with E-state index in [2.05, 4.69) is 32.0 Å². The fourth-order valence-corrected chi connectivity index (χ4v) is 4.27. The molecule has 5 rings (SSSR count). The van der Waals surface area contributed by atoms with Crippen molar-refractivity contribution in [3.8, 4) is 22.9 Å². The van der Waals surface area contributed by atoms with Gasteiger partial charge in [-0.2, -0.15) is 0 Å². The van der Waals surface area contributed by atoms with Gasteiger partial charge in [0, 0.05) is 48.8 Å². The Morgan fingerprint density at radius 2 is 2.06 bits per heavy atom. The summed E-state index contributed by atoms with van der Waals surface area (Å²) >= 11 is 0. The third kappa shape index (κ3) is 3.80. The van der Waals surface area contributed by atoms with Gasteiger partial charge in [-0.25, -0.2) is 19.7 Å². The zero-order valence-corrected chi connectivity index (χ0v) is 18.3. The van der Waals surface area contributed by atoms with E-state index < -0.39 is 0 Å². The molecule has 9 heteroatoms. The van der Waals surface area contributed by atoms with Gasteiger partial charge >= 0.3 is 6.03 Å². The predicted octanol–water partition coefficient (Wildman–Crippen LogP) is 2.93. The van der Waals surface area contributed by atoms with E-state index in [1.807, 2.05) is 43.6 Å². The summed E-state index contributed by atoms with van der Waals surface area (Å²) in [6, 6.07) is 7.62. The van der Waals surface area contributed by atoms with Crippen molar-refractivity contribution in [2.24, 2.45) is 0 Å². The average Bonchev–Trinajstić information content (AvgIpc) is 3.29. The summed E-state index contributed by atoms with van der Waals surface area (Å²) in [5, 5.41) is 5.55. The van der Waals surface area contributed by atoms with Gasteiger partial charge in [-0.05, 0) is 44.5 Å². The van der Waals surface area contributed by atoms with E-state index in [1.54, 1.807) is 0 Å². The smallest absolute Gasteiger partial charge is 0.319 e. The van der Waals surface area contributed by atoms with Crippen molar-refractivity contribution in [3.63, 3.8) is 0 Å². The number of hydrogen-bond donors (Lipinski definition) is 2. The Balaban J connectivity index is 1.55. The lowest BCUT2D eigenvalue weighted by atomic mass is 10.0. The van der Waals surface area contributed by atoms with Crippen molar-refractivity contribution < 1.29 is 9.53 Å². The molecular formula is C23H27N7O2. The Bertz CT molecular complexity index is 1130. The summed E-state index contributed by atoms with van der Waals surface area (Å²) in [6.45, 7) is 7.67. The van der Waals surface area contributed by atoms with Crippen LogP contribution in [-0.4, -0.2) is 57.9 Å². The zero-order chi connectivity index (χ0) is 22.1. The van der Waals surface area contributed by atoms with Crippen molar-refractivity contribution >= 4 is 17.5 Å². The molecule has 0 saturated carbocycles. The molecule has 0 unspecified atom stereocenters. The molecule has 166 valence electrons. The summed E-state index contributed by atoms with van der Waals surface area (Å²) in [6.07, 6.45) is 4.69. The number of urea groups is 1. The number of carbonyl (C=O) groups excluding carboxylic acids is 1. The van der Waals surface area contributed by atoms with Crippen LogP contribution in [0.1, 0.15) is 19.4 Å². The number of nitrogens with zero attached hydrogens (tertiary/aromatic N) is 5. The second-order valence-electron chi connectivity index (χ2n) is 8.07. The van der Waals surface area contributed by atoms with Gasteiger partial charge in [0.05, 0.1) is 19.3 Å². The van der Waals surface area contributed by atoms with Crippen LogP contribution in [-0.2, 0) is 17.7 Å². The van der Waals surface area contributed by atoms with E-state index in [0.717, 1.165) is 53.7 Å². The molecule has 32 heavy (non-hydrogen) atoms. The number of imidazole rings is 1. The highest BCUT2D eigenvalue weighted by molar-refractivity contribution is 5.89. The van der Waals surface area contributed by atoms with Crippen LogP contribution in [0, 0.1) is 0 Å². The maximum absolute atomic E-state index is 11.8. The fourth-order valence-electron chi connectivity index (χ4n) is 4.27. The minimum absolute atomic E-state index is 0.222. The second-order valence-corrected chi connectivity index (χ2v) is 8.07. The molecule has 2 aromatic heterocycles. The standard InChI is InChI=1S/C23H27N7O2/c1-3-24-23(31)26-17-6-4-16(5-7-17)20-27-19-18(8-10-29-11-9-25-22(19)29)21(28-20)30-12-13-32-14-15(30)2/h4-7,9,11,15H,3,8,10,12-14H2,1-2H3,(H2,24,26,31)/t15-/m0/s1. The van der Waals surface area contributed by atoms with Crippen LogP contribution in [0.4, 0.5) is 16.3 Å². The molecule has 9 nitrogen and oxygen atoms in total. The first-order valence-corrected chi connectivity index (χ1v) is 11.1. The van der Waals surface area contributed by atoms with Gasteiger partial charge in [0.2, 0.25) is 0 Å². The molecule has 1 aromatic carbocycles. The SMILES string of the molecule is CCNC(=O)Nc1ccc(-c2nc3c(c(N4CCOC[C@@H]4C)n2)CCn2ccnc2-3)cc1. The van der Waals surface area contributed by atoms with E-state index in [4.69, 9.17) is 14.7 Å². The number of benzene rings is 1. The van der Waals surface area contributed by atoms with Crippen LogP contribution in [0.2, 0.25) is 0 Å². The van der Waals surface area contributed by atoms with Crippen LogP contribution in [0.25, 0.3) is 22.9 Å². The Kier molecular flexibility index (Phi) is 5.48. The molecule has 2 amide bonds. The monoisotopic (exact) mass is 433 g/mol. The number of aryl methyl sites for hydroxylation is 1. The number of anilines is 2. The lowest BCUT2D eigenvalue weighted by Gasteiger charge is -2.36. The molecule has 0 radical (unpaired) electrons. The van der Waals surface area contributed by atoms with E-state index in [1.165, 1.54) is 0 Å². The number of amides is 2. The first-order valence-electron chi connectivity index (χ1n) is 11.1. The van der Waals surface area contributed by atoms with Crippen LogP contribution >= 0.6 is 0 Å². The number of fused-ring (bicyclic) bond motifs is 3. The Morgan fingerprint density at radius 1 is 1.22 bits per heavy atom. The quantitative estimate of drug-likeness (QED) is 0.657. The molecule has 0 bridgehead atoms. The molecule has 1 atom stereocenters. The van der Waals surface area contributed by atoms with Crippen molar-refractivity contribution in [1.29, 1.82) is 0 Å². The number of nitrogens with one attached hydrogen (secondary N) is 2. The molecule has 2 N–H and O–H groups in total. The van der Waals surface area contributed by atoms with Crippen molar-refractivity contribution in [1.82, 2.24) is 24.8 Å². The molecule has 2 aliphatic rings. The molecule has 1 saturated heterocycles. The van der Waals surface area contributed by atoms with Gasteiger partial charge in [-0.15, -0.1) is 0 Å². The second kappa shape index (κ2) is 8.58. The van der Waals surface area contributed by atoms with Gasteiger partial charge in [-0.1, -0.05) is 0 Å². The van der Waals surface area contributed by atoms with Crippen molar-refractivity contribution in [3.05, 3.63) is 42.2 Å². The summed E-state index contributed by atoms with van der Waals surface area (Å²) in [5.74, 6) is 2.50.